The Labute approximate surface area is 187 Å². The van der Waals surface area contributed by atoms with Crippen molar-refractivity contribution in [1.29, 1.82) is 0 Å². The first-order valence-corrected chi connectivity index (χ1v) is 11.8. The van der Waals surface area contributed by atoms with Gasteiger partial charge >= 0.3 is 6.09 Å². The van der Waals surface area contributed by atoms with E-state index in [0.29, 0.717) is 25.8 Å². The maximum atomic E-state index is 12.9. The second-order valence-corrected chi connectivity index (χ2v) is 11.1. The van der Waals surface area contributed by atoms with Gasteiger partial charge in [0, 0.05) is 17.9 Å². The van der Waals surface area contributed by atoms with E-state index in [1.165, 1.54) is 4.90 Å². The summed E-state index contributed by atoms with van der Waals surface area (Å²) < 4.78 is 15.5. The molecular weight excluding hydrogens is 412 g/mol. The minimum absolute atomic E-state index is 0.290. The van der Waals surface area contributed by atoms with E-state index in [1.807, 2.05) is 69.3 Å². The van der Waals surface area contributed by atoms with Gasteiger partial charge in [0.1, 0.15) is 10.3 Å². The van der Waals surface area contributed by atoms with Crippen molar-refractivity contribution < 1.29 is 19.6 Å². The number of nitrogens with one attached hydrogen (secondary N) is 1. The van der Waals surface area contributed by atoms with E-state index in [2.05, 4.69) is 10.8 Å². The molecule has 1 fully saturated rings. The van der Waals surface area contributed by atoms with Gasteiger partial charge in [0.05, 0.1) is 12.6 Å². The number of amides is 1. The van der Waals surface area contributed by atoms with Crippen LogP contribution in [0.2, 0.25) is 0 Å². The highest BCUT2D eigenvalue weighted by Crippen LogP contribution is 2.33. The molecule has 168 valence electrons. The van der Waals surface area contributed by atoms with Crippen molar-refractivity contribution in [2.24, 2.45) is 0 Å². The highest BCUT2D eigenvalue weighted by molar-refractivity contribution is 7.90. The molecule has 0 radical (unpaired) electrons. The number of hydrogen-bond acceptors (Lipinski definition) is 4. The average Bonchev–Trinajstić information content (AvgIpc) is 2.75. The molecule has 0 aromatic heterocycles. The third kappa shape index (κ3) is 5.41. The fourth-order valence-electron chi connectivity index (χ4n) is 4.13. The van der Waals surface area contributed by atoms with E-state index < -0.39 is 33.8 Å². The second kappa shape index (κ2) is 9.61. The van der Waals surface area contributed by atoms with Gasteiger partial charge in [-0.15, -0.1) is 4.72 Å². The molecule has 2 aromatic rings. The van der Waals surface area contributed by atoms with Gasteiger partial charge in [-0.3, -0.25) is 0 Å². The number of rotatable bonds is 6. The van der Waals surface area contributed by atoms with Crippen LogP contribution in [-0.4, -0.2) is 55.2 Å². The first kappa shape index (κ1) is 23.6. The van der Waals surface area contributed by atoms with Gasteiger partial charge in [-0.05, 0) is 56.7 Å². The van der Waals surface area contributed by atoms with E-state index in [9.17, 15) is 19.6 Å². The van der Waals surface area contributed by atoms with E-state index in [4.69, 9.17) is 0 Å². The number of aliphatic hydroxyl groups excluding tert-OH is 1. The highest BCUT2D eigenvalue weighted by atomic mass is 32.2. The van der Waals surface area contributed by atoms with Crippen LogP contribution in [0.3, 0.4) is 0 Å². The summed E-state index contributed by atoms with van der Waals surface area (Å²) in [6.07, 6.45) is 0.548. The molecule has 3 N–H and O–H groups in total. The van der Waals surface area contributed by atoms with Crippen molar-refractivity contribution in [3.05, 3.63) is 60.2 Å². The lowest BCUT2D eigenvalue weighted by Gasteiger charge is -2.48. The number of carbonyl (C=O) groups is 1. The minimum Gasteiger partial charge on any atom is -0.598 e. The van der Waals surface area contributed by atoms with Crippen LogP contribution in [0.5, 0.6) is 0 Å². The fraction of sp³-hybridized carbons (Fsp3) is 0.458. The Morgan fingerprint density at radius 1 is 1.19 bits per heavy atom. The van der Waals surface area contributed by atoms with Crippen molar-refractivity contribution in [2.75, 3.05) is 13.2 Å². The number of benzene rings is 2. The molecule has 1 aliphatic heterocycles. The fourth-order valence-corrected chi connectivity index (χ4v) is 5.10. The molecule has 0 bridgehead atoms. The molecule has 0 aliphatic carbocycles. The molecule has 0 saturated carbocycles. The summed E-state index contributed by atoms with van der Waals surface area (Å²) in [7, 11) is 0. The zero-order chi connectivity index (χ0) is 22.6. The molecule has 3 rings (SSSR count). The largest absolute Gasteiger partial charge is 0.598 e. The summed E-state index contributed by atoms with van der Waals surface area (Å²) in [5, 5.41) is 20.3. The smallest absolute Gasteiger partial charge is 0.407 e. The van der Waals surface area contributed by atoms with Gasteiger partial charge in [-0.1, -0.05) is 54.6 Å². The average molecular weight is 445 g/mol. The van der Waals surface area contributed by atoms with Crippen molar-refractivity contribution in [2.45, 2.75) is 56.4 Å². The first-order chi connectivity index (χ1) is 14.7. The molecule has 1 saturated heterocycles. The molecule has 6 nitrogen and oxygen atoms in total. The zero-order valence-corrected chi connectivity index (χ0v) is 19.2. The van der Waals surface area contributed by atoms with Crippen molar-refractivity contribution >= 4 is 17.5 Å². The quantitative estimate of drug-likeness (QED) is 0.589. The predicted octanol–water partition coefficient (Wildman–Crippen LogP) is 3.82. The first-order valence-electron chi connectivity index (χ1n) is 10.6. The predicted molar refractivity (Wildman–Crippen MR) is 124 cm³/mol. The minimum atomic E-state index is -1.44. The Morgan fingerprint density at radius 2 is 1.87 bits per heavy atom. The molecule has 0 unspecified atom stereocenters. The van der Waals surface area contributed by atoms with E-state index >= 15 is 0 Å². The molecule has 2 aromatic carbocycles. The number of carboxylic acid groups (broad SMARTS) is 1. The molecule has 7 heteroatoms. The molecule has 3 atom stereocenters. The van der Waals surface area contributed by atoms with Crippen molar-refractivity contribution in [3.8, 4) is 11.1 Å². The maximum absolute atomic E-state index is 12.9. The Hall–Kier alpha value is -2.06. The summed E-state index contributed by atoms with van der Waals surface area (Å²) in [5.74, 6) is 0. The van der Waals surface area contributed by atoms with Gasteiger partial charge in [0.25, 0.3) is 0 Å². The number of hydrogen-bond donors (Lipinski definition) is 3. The van der Waals surface area contributed by atoms with Crippen LogP contribution in [-0.2, 0) is 17.8 Å². The van der Waals surface area contributed by atoms with Crippen LogP contribution in [0.1, 0.15) is 39.2 Å². The van der Waals surface area contributed by atoms with Gasteiger partial charge in [0.15, 0.2) is 0 Å². The normalized spacial score (nSPS) is 22.9. The summed E-state index contributed by atoms with van der Waals surface area (Å²) >= 11 is -1.44. The molecular formula is C24H32N2O4S. The van der Waals surface area contributed by atoms with Crippen LogP contribution in [0.4, 0.5) is 4.79 Å². The topological polar surface area (TPSA) is 95.9 Å². The van der Waals surface area contributed by atoms with Crippen LogP contribution in [0.15, 0.2) is 54.6 Å². The number of aliphatic hydroxyl groups is 1. The molecule has 1 aliphatic rings. The Kier molecular flexibility index (Phi) is 7.31. The maximum Gasteiger partial charge on any atom is 0.407 e. The summed E-state index contributed by atoms with van der Waals surface area (Å²) in [5.41, 5.74) is 2.14. The summed E-state index contributed by atoms with van der Waals surface area (Å²) in [4.78, 5) is 13.5. The van der Waals surface area contributed by atoms with Gasteiger partial charge in [0.2, 0.25) is 0 Å². The second-order valence-electron chi connectivity index (χ2n) is 9.16. The lowest BCUT2D eigenvalue weighted by molar-refractivity contribution is 0.0265. The number of likely N-dealkylation sites (tertiary alicyclic amines) is 1. The molecule has 0 spiro atoms. The van der Waals surface area contributed by atoms with Crippen LogP contribution in [0.25, 0.3) is 11.1 Å². The van der Waals surface area contributed by atoms with Gasteiger partial charge < -0.3 is 19.7 Å². The van der Waals surface area contributed by atoms with E-state index in [-0.39, 0.29) is 6.61 Å². The third-order valence-corrected chi connectivity index (χ3v) is 7.58. The Balaban J connectivity index is 1.96. The number of nitrogens with zero attached hydrogens (tertiary/aromatic N) is 1. The summed E-state index contributed by atoms with van der Waals surface area (Å²) in [6, 6.07) is 17.5. The molecule has 1 amide bonds. The van der Waals surface area contributed by atoms with Crippen LogP contribution >= 0.6 is 0 Å². The standard InChI is InChI=1S/C24H32N2O4S/c1-23(2,3)31(30)25-24(17-27)13-8-14-26(22(28)29)21(24)16-18-9-7-12-20(15-18)19-10-5-4-6-11-19/h4-7,9-12,15,21,25,27H,8,13-14,16-17H2,1-3H3,(H,28,29)/t21-,24+,31+/m0/s1. The van der Waals surface area contributed by atoms with Crippen molar-refractivity contribution in [1.82, 2.24) is 9.62 Å². The van der Waals surface area contributed by atoms with Crippen molar-refractivity contribution in [3.63, 3.8) is 0 Å². The lowest BCUT2D eigenvalue weighted by atomic mass is 9.79. The molecule has 1 heterocycles. The Morgan fingerprint density at radius 3 is 2.48 bits per heavy atom. The Bertz CT molecular complexity index is 887. The highest BCUT2D eigenvalue weighted by Gasteiger charge is 2.50. The SMILES string of the molecule is CC(C)(C)[S@@+]([O-])N[C@@]1(CO)CCCN(C(=O)O)[C@H]1Cc1cccc(-c2ccccc2)c1. The number of piperidine rings is 1. The van der Waals surface area contributed by atoms with Crippen LogP contribution in [0, 0.1) is 0 Å². The summed E-state index contributed by atoms with van der Waals surface area (Å²) in [6.45, 7) is 5.68. The third-order valence-electron chi connectivity index (χ3n) is 5.88. The van der Waals surface area contributed by atoms with Gasteiger partial charge in [-0.2, -0.15) is 0 Å². The monoisotopic (exact) mass is 444 g/mol. The lowest BCUT2D eigenvalue weighted by Crippen LogP contribution is -2.69. The van der Waals surface area contributed by atoms with Crippen LogP contribution < -0.4 is 4.72 Å². The molecule has 31 heavy (non-hydrogen) atoms. The van der Waals surface area contributed by atoms with E-state index in [0.717, 1.165) is 16.7 Å². The zero-order valence-electron chi connectivity index (χ0n) is 18.4. The van der Waals surface area contributed by atoms with E-state index in [1.54, 1.807) is 0 Å². The van der Waals surface area contributed by atoms with Gasteiger partial charge in [-0.25, -0.2) is 4.79 Å².